The van der Waals surface area contributed by atoms with E-state index < -0.39 is 60.6 Å². The molecule has 19 nitrogen and oxygen atoms in total. The van der Waals surface area contributed by atoms with E-state index in [0.29, 0.717) is 0 Å². The molecular formula is C18H28N6O13. The molecule has 2 fully saturated rings. The summed E-state index contributed by atoms with van der Waals surface area (Å²) in [6, 6.07) is 0. The summed E-state index contributed by atoms with van der Waals surface area (Å²) < 4.78 is 23.0. The van der Waals surface area contributed by atoms with E-state index in [9.17, 15) is 38.4 Å². The van der Waals surface area contributed by atoms with Gasteiger partial charge >= 0.3 is 11.9 Å². The first-order valence-corrected chi connectivity index (χ1v) is 9.51. The number of imide groups is 2. The zero-order chi connectivity index (χ0) is 32.7. The van der Waals surface area contributed by atoms with Crippen molar-refractivity contribution in [1.29, 1.82) is 0 Å². The highest BCUT2D eigenvalue weighted by atomic mass is 16.7. The van der Waals surface area contributed by atoms with Gasteiger partial charge in [-0.2, -0.15) is 0 Å². The van der Waals surface area contributed by atoms with Gasteiger partial charge in [-0.15, -0.1) is 10.1 Å². The molecule has 0 aliphatic carbocycles. The van der Waals surface area contributed by atoms with E-state index in [2.05, 4.69) is 21.1 Å². The van der Waals surface area contributed by atoms with Crippen molar-refractivity contribution in [1.82, 2.24) is 27.0 Å². The van der Waals surface area contributed by atoms with Crippen molar-refractivity contribution in [3.63, 3.8) is 0 Å². The predicted octanol–water partition coefficient (Wildman–Crippen LogP) is -3.23. The van der Waals surface area contributed by atoms with Crippen LogP contribution in [0.5, 0.6) is 0 Å². The van der Waals surface area contributed by atoms with Crippen molar-refractivity contribution in [2.45, 2.75) is 45.4 Å². The largest absolute Gasteiger partial charge is 0.483 e. The first-order valence-electron chi connectivity index (χ1n) is 11.6. The van der Waals surface area contributed by atoms with Gasteiger partial charge in [0.15, 0.2) is 1.37 Å². The van der Waals surface area contributed by atoms with E-state index in [0.717, 1.165) is 0 Å². The molecule has 2 saturated heterocycles. The van der Waals surface area contributed by atoms with Crippen molar-refractivity contribution in [3.05, 3.63) is 0 Å². The van der Waals surface area contributed by atoms with Gasteiger partial charge in [-0.25, -0.2) is 15.4 Å². The number of carbonyl (C=O) groups excluding carboxylic acids is 9. The summed E-state index contributed by atoms with van der Waals surface area (Å²) in [6.07, 6.45) is 0.0673. The third kappa shape index (κ3) is 15.7. The van der Waals surface area contributed by atoms with E-state index in [4.69, 9.17) is 20.3 Å². The minimum Gasteiger partial charge on any atom is -0.483 e. The fourth-order valence-electron chi connectivity index (χ4n) is 1.98. The zero-order valence-corrected chi connectivity index (χ0v) is 19.6. The summed E-state index contributed by atoms with van der Waals surface area (Å²) in [5.41, 5.74) is 1.93. The van der Waals surface area contributed by atoms with Crippen LogP contribution in [0.3, 0.4) is 0 Å². The first kappa shape index (κ1) is 28.5. The fraction of sp³-hybridized carbons (Fsp3) is 0.444. The highest BCUT2D eigenvalue weighted by Crippen LogP contribution is 2.14. The van der Waals surface area contributed by atoms with Gasteiger partial charge in [-0.1, -0.05) is 0 Å². The van der Waals surface area contributed by atoms with Crippen molar-refractivity contribution < 1.29 is 68.3 Å². The van der Waals surface area contributed by atoms with Gasteiger partial charge in [0, 0.05) is 32.7 Å². The quantitative estimate of drug-likeness (QED) is 0.0525. The van der Waals surface area contributed by atoms with Crippen LogP contribution < -0.4 is 22.7 Å². The summed E-state index contributed by atoms with van der Waals surface area (Å²) >= 11 is 0. The van der Waals surface area contributed by atoms with Gasteiger partial charge < -0.3 is 31.0 Å². The van der Waals surface area contributed by atoms with Gasteiger partial charge in [0.25, 0.3) is 30.1 Å². The fourth-order valence-corrected chi connectivity index (χ4v) is 1.98. The van der Waals surface area contributed by atoms with Crippen LogP contribution in [0.25, 0.3) is 0 Å². The van der Waals surface area contributed by atoms with Crippen LogP contribution in [0, 0.1) is 0 Å². The number of hydroxylamine groups is 4. The second-order valence-electron chi connectivity index (χ2n) is 5.96. The Bertz CT molecular complexity index is 898. The van der Waals surface area contributed by atoms with Crippen LogP contribution in [0.1, 0.15) is 48.2 Å². The van der Waals surface area contributed by atoms with Crippen LogP contribution in [0.4, 0.5) is 0 Å². The van der Waals surface area contributed by atoms with Crippen LogP contribution in [-0.2, 0) is 57.6 Å². The molecule has 2 aliphatic heterocycles. The molecule has 2 aliphatic rings. The molecule has 0 saturated carbocycles. The van der Waals surface area contributed by atoms with Crippen LogP contribution >= 0.6 is 0 Å². The molecule has 0 radical (unpaired) electrons. The molecule has 2 rings (SSSR count). The Balaban J connectivity index is -0.000000600. The van der Waals surface area contributed by atoms with Gasteiger partial charge in [-0.05, 0) is 6.92 Å². The summed E-state index contributed by atoms with van der Waals surface area (Å²) in [7, 11) is 1.43. The van der Waals surface area contributed by atoms with E-state index in [-0.39, 0.29) is 48.1 Å². The second-order valence-corrected chi connectivity index (χ2v) is 5.96. The zero-order valence-electron chi connectivity index (χ0n) is 23.6. The van der Waals surface area contributed by atoms with E-state index in [1.54, 1.807) is 5.84 Å². The molecular weight excluding hydrogens is 508 g/mol. The average Bonchev–Trinajstić information content (AvgIpc) is 3.35. The Hall–Kier alpha value is -4.78. The number of carboxylic acid groups (broad SMARTS) is 1. The number of nitrogens with zero attached hydrogens (tertiary/aromatic N) is 2. The molecule has 0 aromatic heterocycles. The van der Waals surface area contributed by atoms with Gasteiger partial charge in [0.05, 0.1) is 0 Å². The lowest BCUT2D eigenvalue weighted by molar-refractivity contribution is -0.206. The molecule has 8 N–H and O–H groups in total. The Morgan fingerprint density at radius 3 is 1.54 bits per heavy atom. The predicted molar refractivity (Wildman–Crippen MR) is 115 cm³/mol. The minimum absolute atomic E-state index is 0.0761. The minimum atomic E-state index is -1.58. The molecule has 37 heavy (non-hydrogen) atoms. The summed E-state index contributed by atoms with van der Waals surface area (Å²) in [4.78, 5) is 115. The molecule has 0 atom stereocenters. The number of amides is 6. The Morgan fingerprint density at radius 1 is 0.946 bits per heavy atom. The van der Waals surface area contributed by atoms with Crippen molar-refractivity contribution in [2.24, 2.45) is 5.84 Å². The number of hydrogen-bond acceptors (Lipinski definition) is 14. The number of hydrazine groups is 1. The monoisotopic (exact) mass is 544 g/mol. The molecule has 208 valence electrons. The van der Waals surface area contributed by atoms with E-state index in [1.807, 2.05) is 5.43 Å². The molecule has 0 aromatic carbocycles. The Morgan fingerprint density at radius 2 is 1.27 bits per heavy atom. The lowest BCUT2D eigenvalue weighted by Crippen LogP contribution is -2.35. The number of hydrogen-bond donors (Lipinski definition) is 5. The first-order chi connectivity index (χ1) is 19.0. The van der Waals surface area contributed by atoms with Gasteiger partial charge in [-0.3, -0.25) is 39.0 Å². The number of rotatable bonds is 7. The third-order valence-electron chi connectivity index (χ3n) is 3.43. The maximum Gasteiger partial charge on any atom is 0.344 e. The van der Waals surface area contributed by atoms with Crippen molar-refractivity contribution in [2.75, 3.05) is 7.05 Å². The number of nitrogens with two attached hydrogens (primary N) is 1. The molecule has 0 spiro atoms. The lowest BCUT2D eigenvalue weighted by Gasteiger charge is -2.14. The third-order valence-corrected chi connectivity index (χ3v) is 3.43. The maximum atomic E-state index is 11.4. The van der Waals surface area contributed by atoms with Crippen LogP contribution in [0.2, 0.25) is 2.82 Å². The van der Waals surface area contributed by atoms with Crippen LogP contribution in [-0.4, -0.2) is 82.4 Å². The second kappa shape index (κ2) is 20.6. The molecule has 2 heterocycles. The van der Waals surface area contributed by atoms with E-state index in [1.165, 1.54) is 14.0 Å². The molecule has 0 aromatic rings. The topological polar surface area (TPSA) is 301 Å². The van der Waals surface area contributed by atoms with Gasteiger partial charge in [0.2, 0.25) is 11.8 Å². The molecule has 0 unspecified atom stereocenters. The summed E-state index contributed by atoms with van der Waals surface area (Å²) in [6.45, 7) is 1.19. The van der Waals surface area contributed by atoms with Gasteiger partial charge in [0.1, 0.15) is 23.3 Å². The molecule has 0 bridgehead atoms. The highest BCUT2D eigenvalue weighted by molar-refractivity contribution is 6.04. The average molecular weight is 544 g/mol. The van der Waals surface area contributed by atoms with Crippen LogP contribution in [0.15, 0.2) is 0 Å². The molecule has 6 amide bonds. The number of nitrogens with one attached hydrogen (secondary N) is 2. The summed E-state index contributed by atoms with van der Waals surface area (Å²) in [5.74, 6) is -4.41. The highest BCUT2D eigenvalue weighted by Gasteiger charge is 2.35. The summed E-state index contributed by atoms with van der Waals surface area (Å²) in [5, 5.41) is 9.91. The van der Waals surface area contributed by atoms with Crippen molar-refractivity contribution in [3.8, 4) is 0 Å². The maximum absolute atomic E-state index is 11.4. The smallest absolute Gasteiger partial charge is 0.344 e. The normalized spacial score (nSPS) is 14.5. The van der Waals surface area contributed by atoms with E-state index >= 15 is 0 Å². The molecule has 19 heteroatoms. The SMILES string of the molecule is O=C(CC(=O)ON1C(=O)CCC1=O)ON1C(=O)CCC1=O.[3H]C(=O)O.[3H]C(C)=O.[3H]N.[3H]NNC(=O)CC(=O)NC. The standard InChI is InChI=1S/C11H10N2O8.C4H9N3O2.C2H4O.CH2O2.H3N/c14-6-1-2-7(15)12(6)20-10(18)5-11(19)21-13-8(16)3-4-9(13)17;1-6-3(8)2-4(9)7-5;1-2-3;2-1-3;/h1-5H2;2,5H2,1H3,(H,6,8)(H,7,9);2H,1H3;1H,(H,2,3);1H3/i;;2T;1T;/hT2. The Labute approximate surface area is 214 Å². The Kier molecular flexibility index (Phi) is 15.8. The number of aldehydes is 1. The number of carbonyl (C=O) groups is 10. The lowest BCUT2D eigenvalue weighted by atomic mass is 10.4. The van der Waals surface area contributed by atoms with Crippen molar-refractivity contribution >= 4 is 60.1 Å².